The quantitative estimate of drug-likeness (QED) is 0.508. The van der Waals surface area contributed by atoms with Gasteiger partial charge in [0.2, 0.25) is 0 Å². The van der Waals surface area contributed by atoms with Gasteiger partial charge >= 0.3 is 5.69 Å². The second-order valence-corrected chi connectivity index (χ2v) is 8.42. The van der Waals surface area contributed by atoms with Gasteiger partial charge in [0.1, 0.15) is 17.8 Å². The number of halogens is 3. The molecular weight excluding hydrogens is 449 g/mol. The van der Waals surface area contributed by atoms with Gasteiger partial charge in [-0.05, 0) is 32.4 Å². The number of ether oxygens (including phenoxy) is 1. The van der Waals surface area contributed by atoms with Gasteiger partial charge in [-0.25, -0.2) is 27.9 Å². The maximum atomic E-state index is 14.5. The lowest BCUT2D eigenvalue weighted by atomic mass is 10.1. The molecule has 1 aliphatic rings. The highest BCUT2D eigenvalue weighted by Gasteiger charge is 2.23. The van der Waals surface area contributed by atoms with Crippen LogP contribution >= 0.6 is 0 Å². The van der Waals surface area contributed by atoms with Crippen molar-refractivity contribution in [1.82, 2.24) is 29.0 Å². The van der Waals surface area contributed by atoms with E-state index in [0.29, 0.717) is 17.6 Å². The molecule has 1 aliphatic heterocycles. The SMILES string of the molecule is C=C/C(Cn1c(=O)n2ncnc2c2cc(CN3C[C@@H](C)O[C@@H](C)C3)cnc21)=C(F)\C(F)=C(/C)F. The summed E-state index contributed by atoms with van der Waals surface area (Å²) in [4.78, 5) is 24.0. The van der Waals surface area contributed by atoms with Crippen molar-refractivity contribution in [3.8, 4) is 0 Å². The lowest BCUT2D eigenvalue weighted by molar-refractivity contribution is -0.0705. The molecule has 3 aromatic rings. The second kappa shape index (κ2) is 9.51. The number of pyridine rings is 1. The summed E-state index contributed by atoms with van der Waals surface area (Å²) in [6, 6.07) is 1.85. The van der Waals surface area contributed by atoms with Crippen LogP contribution < -0.4 is 5.69 Å². The van der Waals surface area contributed by atoms with Crippen molar-refractivity contribution < 1.29 is 17.9 Å². The molecule has 11 heteroatoms. The minimum absolute atomic E-state index is 0.104. The number of rotatable bonds is 6. The van der Waals surface area contributed by atoms with Crippen LogP contribution in [-0.4, -0.2) is 54.3 Å². The Morgan fingerprint density at radius 3 is 2.53 bits per heavy atom. The fourth-order valence-electron chi connectivity index (χ4n) is 4.24. The van der Waals surface area contributed by atoms with E-state index in [1.54, 1.807) is 6.20 Å². The molecule has 0 bridgehead atoms. The molecule has 0 aromatic carbocycles. The van der Waals surface area contributed by atoms with Gasteiger partial charge in [0.15, 0.2) is 17.3 Å². The molecule has 3 aromatic heterocycles. The Kier molecular flexibility index (Phi) is 6.67. The van der Waals surface area contributed by atoms with Crippen LogP contribution in [0.15, 0.2) is 59.1 Å². The molecule has 0 N–H and O–H groups in total. The Morgan fingerprint density at radius 1 is 1.18 bits per heavy atom. The molecule has 4 rings (SSSR count). The standard InChI is InChI=1S/C23H25F3N6O2/c1-5-17(20(26)19(25)15(4)24)11-31-21-18(22-28-12-29-32(22)23(31)33)6-16(7-27-21)10-30-8-13(2)34-14(3)9-30/h5-7,12-14H,1,8-11H2,2-4H3/b19-15-,20-17-/t13-,14+. The fraction of sp³-hybridized carbons (Fsp3) is 0.391. The van der Waals surface area contributed by atoms with E-state index in [-0.39, 0.29) is 23.4 Å². The average Bonchev–Trinajstić information content (AvgIpc) is 3.28. The summed E-state index contributed by atoms with van der Waals surface area (Å²) < 4.78 is 49.6. The molecule has 0 aliphatic carbocycles. The van der Waals surface area contributed by atoms with Gasteiger partial charge < -0.3 is 4.74 Å². The molecule has 2 atom stereocenters. The van der Waals surface area contributed by atoms with Crippen molar-refractivity contribution in [2.24, 2.45) is 0 Å². The zero-order chi connectivity index (χ0) is 24.6. The Bertz CT molecular complexity index is 1360. The minimum atomic E-state index is -1.64. The summed E-state index contributed by atoms with van der Waals surface area (Å²) in [5.74, 6) is -4.38. The van der Waals surface area contributed by atoms with Crippen LogP contribution in [0.2, 0.25) is 0 Å². The molecule has 1 fully saturated rings. The zero-order valence-corrected chi connectivity index (χ0v) is 19.1. The molecule has 8 nitrogen and oxygen atoms in total. The van der Waals surface area contributed by atoms with Crippen molar-refractivity contribution in [1.29, 1.82) is 0 Å². The zero-order valence-electron chi connectivity index (χ0n) is 19.1. The Morgan fingerprint density at radius 2 is 1.88 bits per heavy atom. The first kappa shape index (κ1) is 23.8. The van der Waals surface area contributed by atoms with E-state index < -0.39 is 29.7 Å². The number of hydrogen-bond donors (Lipinski definition) is 0. The molecule has 180 valence electrons. The summed E-state index contributed by atoms with van der Waals surface area (Å²) in [5, 5.41) is 4.49. The molecule has 0 spiro atoms. The first-order valence-electron chi connectivity index (χ1n) is 10.8. The highest BCUT2D eigenvalue weighted by Crippen LogP contribution is 2.25. The number of morpholine rings is 1. The summed E-state index contributed by atoms with van der Waals surface area (Å²) in [6.45, 7) is 10.0. The molecule has 0 saturated carbocycles. The number of allylic oxidation sites excluding steroid dienone is 5. The van der Waals surface area contributed by atoms with Crippen LogP contribution in [0.1, 0.15) is 26.3 Å². The van der Waals surface area contributed by atoms with Crippen molar-refractivity contribution in [3.05, 3.63) is 70.3 Å². The minimum Gasteiger partial charge on any atom is -0.373 e. The van der Waals surface area contributed by atoms with Gasteiger partial charge in [-0.3, -0.25) is 9.47 Å². The Hall–Kier alpha value is -3.31. The highest BCUT2D eigenvalue weighted by atomic mass is 19.2. The smallest absolute Gasteiger partial charge is 0.352 e. The summed E-state index contributed by atoms with van der Waals surface area (Å²) in [5.41, 5.74) is 0.441. The Labute approximate surface area is 193 Å². The van der Waals surface area contributed by atoms with Crippen LogP contribution in [0.25, 0.3) is 16.7 Å². The van der Waals surface area contributed by atoms with E-state index in [0.717, 1.165) is 40.7 Å². The third-order valence-corrected chi connectivity index (χ3v) is 5.63. The molecule has 0 unspecified atom stereocenters. The number of fused-ring (bicyclic) bond motifs is 3. The van der Waals surface area contributed by atoms with Gasteiger partial charge in [-0.1, -0.05) is 12.7 Å². The van der Waals surface area contributed by atoms with Crippen molar-refractivity contribution in [3.63, 3.8) is 0 Å². The lowest BCUT2D eigenvalue weighted by Crippen LogP contribution is -2.44. The molecule has 4 heterocycles. The maximum absolute atomic E-state index is 14.5. The topological polar surface area (TPSA) is 77.5 Å². The average molecular weight is 474 g/mol. The van der Waals surface area contributed by atoms with Crippen molar-refractivity contribution in [2.75, 3.05) is 13.1 Å². The first-order valence-corrected chi connectivity index (χ1v) is 10.8. The second-order valence-electron chi connectivity index (χ2n) is 8.42. The van der Waals surface area contributed by atoms with Crippen molar-refractivity contribution >= 4 is 16.7 Å². The van der Waals surface area contributed by atoms with Crippen LogP contribution in [-0.2, 0) is 17.8 Å². The van der Waals surface area contributed by atoms with E-state index in [4.69, 9.17) is 4.74 Å². The molecule has 0 amide bonds. The third-order valence-electron chi connectivity index (χ3n) is 5.63. The van der Waals surface area contributed by atoms with Crippen LogP contribution in [0, 0.1) is 0 Å². The largest absolute Gasteiger partial charge is 0.373 e. The van der Waals surface area contributed by atoms with Gasteiger partial charge in [-0.15, -0.1) is 0 Å². The van der Waals surface area contributed by atoms with E-state index in [1.807, 2.05) is 19.9 Å². The van der Waals surface area contributed by atoms with Crippen molar-refractivity contribution in [2.45, 2.75) is 46.1 Å². The summed E-state index contributed by atoms with van der Waals surface area (Å²) in [6.07, 6.45) is 4.11. The fourth-order valence-corrected chi connectivity index (χ4v) is 4.24. The summed E-state index contributed by atoms with van der Waals surface area (Å²) >= 11 is 0. The third kappa shape index (κ3) is 4.53. The van der Waals surface area contributed by atoms with Gasteiger partial charge in [0, 0.05) is 31.4 Å². The van der Waals surface area contributed by atoms with E-state index in [9.17, 15) is 18.0 Å². The van der Waals surface area contributed by atoms with Gasteiger partial charge in [0.25, 0.3) is 0 Å². The normalized spacial score (nSPS) is 21.0. The first-order chi connectivity index (χ1) is 16.2. The lowest BCUT2D eigenvalue weighted by Gasteiger charge is -2.35. The highest BCUT2D eigenvalue weighted by molar-refractivity contribution is 5.89. The van der Waals surface area contributed by atoms with E-state index in [2.05, 4.69) is 26.5 Å². The predicted octanol–water partition coefficient (Wildman–Crippen LogP) is 3.63. The molecule has 34 heavy (non-hydrogen) atoms. The Balaban J connectivity index is 1.81. The van der Waals surface area contributed by atoms with E-state index >= 15 is 0 Å². The molecule has 0 radical (unpaired) electrons. The van der Waals surface area contributed by atoms with Crippen LogP contribution in [0.3, 0.4) is 0 Å². The predicted molar refractivity (Wildman–Crippen MR) is 121 cm³/mol. The number of hydrogen-bond acceptors (Lipinski definition) is 6. The van der Waals surface area contributed by atoms with Crippen LogP contribution in [0.5, 0.6) is 0 Å². The summed E-state index contributed by atoms with van der Waals surface area (Å²) in [7, 11) is 0. The van der Waals surface area contributed by atoms with Gasteiger partial charge in [0.05, 0.1) is 24.1 Å². The number of aromatic nitrogens is 5. The molecular formula is C23H25F3N6O2. The maximum Gasteiger partial charge on any atom is 0.352 e. The van der Waals surface area contributed by atoms with Crippen LogP contribution in [0.4, 0.5) is 13.2 Å². The number of nitrogens with zero attached hydrogens (tertiary/aromatic N) is 6. The van der Waals surface area contributed by atoms with E-state index in [1.165, 1.54) is 6.33 Å². The molecule has 1 saturated heterocycles. The van der Waals surface area contributed by atoms with Gasteiger partial charge in [-0.2, -0.15) is 9.61 Å². The monoisotopic (exact) mass is 474 g/mol.